The first kappa shape index (κ1) is 24.1. The molecule has 0 radical (unpaired) electrons. The van der Waals surface area contributed by atoms with Gasteiger partial charge in [-0.1, -0.05) is 24.6 Å². The van der Waals surface area contributed by atoms with Crippen molar-refractivity contribution in [3.8, 4) is 0 Å². The van der Waals surface area contributed by atoms with E-state index in [-0.39, 0.29) is 18.5 Å². The van der Waals surface area contributed by atoms with Crippen molar-refractivity contribution < 1.29 is 13.2 Å². The fourth-order valence-electron chi connectivity index (χ4n) is 5.68. The van der Waals surface area contributed by atoms with Crippen molar-refractivity contribution in [1.29, 1.82) is 0 Å². The van der Waals surface area contributed by atoms with Crippen LogP contribution in [-0.2, 0) is 21.2 Å². The van der Waals surface area contributed by atoms with Crippen molar-refractivity contribution in [3.05, 3.63) is 48.0 Å². The average molecular weight is 497 g/mol. The number of nitrogens with one attached hydrogen (secondary N) is 1. The highest BCUT2D eigenvalue weighted by Gasteiger charge is 2.31. The van der Waals surface area contributed by atoms with Crippen molar-refractivity contribution in [2.24, 2.45) is 0 Å². The Bertz CT molecular complexity index is 1170. The number of carbonyl (C=O) groups excluding carboxylic acids is 1. The lowest BCUT2D eigenvalue weighted by atomic mass is 10.1. The number of anilines is 3. The molecular formula is C27H36N4O3S. The van der Waals surface area contributed by atoms with Gasteiger partial charge in [-0.15, -0.1) is 0 Å². The highest BCUT2D eigenvalue weighted by Crippen LogP contribution is 2.34. The number of amides is 1. The molecule has 35 heavy (non-hydrogen) atoms. The Balaban J connectivity index is 1.40. The van der Waals surface area contributed by atoms with Crippen LogP contribution in [0.2, 0.25) is 0 Å². The SMILES string of the molecule is CC1Cc2ccccc2N1C(=O)CNc1cc(S(=O)(=O)N2CCCCC2)ccc1N1CCCCC1. The molecule has 1 unspecified atom stereocenters. The Morgan fingerprint density at radius 1 is 0.914 bits per heavy atom. The first-order chi connectivity index (χ1) is 16.9. The fourth-order valence-corrected chi connectivity index (χ4v) is 7.23. The van der Waals surface area contributed by atoms with Gasteiger partial charge in [0.25, 0.3) is 0 Å². The van der Waals surface area contributed by atoms with E-state index in [9.17, 15) is 13.2 Å². The van der Waals surface area contributed by atoms with Crippen LogP contribution in [0, 0.1) is 0 Å². The molecule has 1 atom stereocenters. The Hall–Kier alpha value is -2.58. The third-order valence-electron chi connectivity index (χ3n) is 7.52. The van der Waals surface area contributed by atoms with E-state index in [0.717, 1.165) is 68.7 Å². The molecule has 3 aliphatic rings. The van der Waals surface area contributed by atoms with E-state index in [1.165, 1.54) is 12.0 Å². The van der Waals surface area contributed by atoms with Gasteiger partial charge >= 0.3 is 0 Å². The number of hydrogen-bond acceptors (Lipinski definition) is 5. The van der Waals surface area contributed by atoms with Crippen LogP contribution in [0.1, 0.15) is 51.0 Å². The first-order valence-electron chi connectivity index (χ1n) is 13.0. The molecule has 3 heterocycles. The van der Waals surface area contributed by atoms with E-state index in [1.807, 2.05) is 29.2 Å². The van der Waals surface area contributed by atoms with Gasteiger partial charge in [-0.25, -0.2) is 8.42 Å². The highest BCUT2D eigenvalue weighted by molar-refractivity contribution is 7.89. The summed E-state index contributed by atoms with van der Waals surface area (Å²) in [6.07, 6.45) is 7.19. The van der Waals surface area contributed by atoms with Gasteiger partial charge in [-0.05, 0) is 75.3 Å². The maximum absolute atomic E-state index is 13.4. The lowest BCUT2D eigenvalue weighted by Gasteiger charge is -2.32. The number of para-hydroxylation sites is 1. The maximum atomic E-state index is 13.4. The van der Waals surface area contributed by atoms with E-state index >= 15 is 0 Å². The Morgan fingerprint density at radius 3 is 2.34 bits per heavy atom. The van der Waals surface area contributed by atoms with Crippen LogP contribution in [0.3, 0.4) is 0 Å². The number of hydrogen-bond donors (Lipinski definition) is 1. The van der Waals surface area contributed by atoms with Crippen LogP contribution in [-0.4, -0.2) is 57.4 Å². The smallest absolute Gasteiger partial charge is 0.246 e. The van der Waals surface area contributed by atoms with Crippen LogP contribution in [0.25, 0.3) is 0 Å². The molecule has 188 valence electrons. The minimum atomic E-state index is -3.56. The summed E-state index contributed by atoms with van der Waals surface area (Å²) in [6.45, 7) is 5.22. The molecule has 2 fully saturated rings. The third kappa shape index (κ3) is 4.91. The standard InChI is InChI=1S/C27H36N4O3S/c1-21-18-22-10-4-5-11-25(22)31(21)27(32)20-28-24-19-23(35(33,34)30-16-8-3-9-17-30)12-13-26(24)29-14-6-2-7-15-29/h4-5,10-13,19,21,28H,2-3,6-9,14-18,20H2,1H3. The monoisotopic (exact) mass is 496 g/mol. The zero-order valence-electron chi connectivity index (χ0n) is 20.6. The van der Waals surface area contributed by atoms with E-state index in [1.54, 1.807) is 16.4 Å². The molecule has 1 N–H and O–H groups in total. The molecule has 1 amide bonds. The minimum absolute atomic E-state index is 0.00339. The number of benzene rings is 2. The van der Waals surface area contributed by atoms with Crippen LogP contribution >= 0.6 is 0 Å². The lowest BCUT2D eigenvalue weighted by molar-refractivity contribution is -0.117. The molecule has 2 aromatic rings. The lowest BCUT2D eigenvalue weighted by Crippen LogP contribution is -2.39. The summed E-state index contributed by atoms with van der Waals surface area (Å²) in [5.74, 6) is -0.00339. The van der Waals surface area contributed by atoms with Crippen LogP contribution < -0.4 is 15.1 Å². The number of piperidine rings is 2. The van der Waals surface area contributed by atoms with Crippen molar-refractivity contribution in [3.63, 3.8) is 0 Å². The Kier molecular flexibility index (Phi) is 7.02. The van der Waals surface area contributed by atoms with Gasteiger partial charge < -0.3 is 15.1 Å². The van der Waals surface area contributed by atoms with Gasteiger partial charge in [0.05, 0.1) is 22.8 Å². The van der Waals surface area contributed by atoms with Gasteiger partial charge in [-0.2, -0.15) is 4.31 Å². The van der Waals surface area contributed by atoms with Crippen LogP contribution in [0.4, 0.5) is 17.1 Å². The summed E-state index contributed by atoms with van der Waals surface area (Å²) < 4.78 is 28.3. The molecular weight excluding hydrogens is 460 g/mol. The average Bonchev–Trinajstić information content (AvgIpc) is 3.24. The van der Waals surface area contributed by atoms with Gasteiger partial charge in [0.1, 0.15) is 0 Å². The van der Waals surface area contributed by atoms with Gasteiger partial charge in [0, 0.05) is 37.9 Å². The normalized spacial score (nSPS) is 21.1. The van der Waals surface area contributed by atoms with E-state index in [4.69, 9.17) is 0 Å². The Labute approximate surface area is 209 Å². The van der Waals surface area contributed by atoms with Crippen molar-refractivity contribution in [1.82, 2.24) is 4.31 Å². The molecule has 7 nitrogen and oxygen atoms in total. The summed E-state index contributed by atoms with van der Waals surface area (Å²) in [4.78, 5) is 17.8. The summed E-state index contributed by atoms with van der Waals surface area (Å²) in [6, 6.07) is 13.6. The third-order valence-corrected chi connectivity index (χ3v) is 9.42. The molecule has 2 saturated heterocycles. The molecule has 0 aliphatic carbocycles. The topological polar surface area (TPSA) is 73.0 Å². The predicted octanol–water partition coefficient (Wildman–Crippen LogP) is 4.24. The highest BCUT2D eigenvalue weighted by atomic mass is 32.2. The van der Waals surface area contributed by atoms with Crippen molar-refractivity contribution >= 4 is 33.0 Å². The van der Waals surface area contributed by atoms with Crippen molar-refractivity contribution in [2.45, 2.75) is 62.8 Å². The van der Waals surface area contributed by atoms with Gasteiger partial charge in [-0.3, -0.25) is 4.79 Å². The summed E-state index contributed by atoms with van der Waals surface area (Å²) in [5, 5.41) is 3.34. The molecule has 8 heteroatoms. The molecule has 3 aliphatic heterocycles. The van der Waals surface area contributed by atoms with Gasteiger partial charge in [0.2, 0.25) is 15.9 Å². The minimum Gasteiger partial charge on any atom is -0.374 e. The Morgan fingerprint density at radius 2 is 1.60 bits per heavy atom. The summed E-state index contributed by atoms with van der Waals surface area (Å²) in [7, 11) is -3.56. The number of fused-ring (bicyclic) bond motifs is 1. The molecule has 0 saturated carbocycles. The predicted molar refractivity (Wildman–Crippen MR) is 141 cm³/mol. The quantitative estimate of drug-likeness (QED) is 0.648. The number of sulfonamides is 1. The van der Waals surface area contributed by atoms with Crippen LogP contribution in [0.5, 0.6) is 0 Å². The van der Waals surface area contributed by atoms with E-state index in [0.29, 0.717) is 18.0 Å². The molecule has 0 aromatic heterocycles. The molecule has 2 aromatic carbocycles. The molecule has 0 spiro atoms. The molecule has 5 rings (SSSR count). The largest absolute Gasteiger partial charge is 0.374 e. The van der Waals surface area contributed by atoms with E-state index in [2.05, 4.69) is 23.2 Å². The van der Waals surface area contributed by atoms with Crippen molar-refractivity contribution in [2.75, 3.05) is 47.8 Å². The maximum Gasteiger partial charge on any atom is 0.246 e. The second-order valence-corrected chi connectivity index (χ2v) is 11.9. The number of nitrogens with zero attached hydrogens (tertiary/aromatic N) is 3. The van der Waals surface area contributed by atoms with Crippen LogP contribution in [0.15, 0.2) is 47.4 Å². The second-order valence-electron chi connectivity index (χ2n) is 9.99. The van der Waals surface area contributed by atoms with E-state index < -0.39 is 10.0 Å². The second kappa shape index (κ2) is 10.2. The molecule has 0 bridgehead atoms. The first-order valence-corrected chi connectivity index (χ1v) is 14.4. The fraction of sp³-hybridized carbons (Fsp3) is 0.519. The number of carbonyl (C=O) groups is 1. The zero-order valence-corrected chi connectivity index (χ0v) is 21.4. The zero-order chi connectivity index (χ0) is 24.4. The van der Waals surface area contributed by atoms with Gasteiger partial charge in [0.15, 0.2) is 0 Å². The number of rotatable bonds is 6. The summed E-state index contributed by atoms with van der Waals surface area (Å²) in [5.41, 5.74) is 3.87. The summed E-state index contributed by atoms with van der Waals surface area (Å²) >= 11 is 0.